The van der Waals surface area contributed by atoms with Gasteiger partial charge in [-0.1, -0.05) is 60.3 Å². The Bertz CT molecular complexity index is 956. The first-order chi connectivity index (χ1) is 13.0. The summed E-state index contributed by atoms with van der Waals surface area (Å²) in [5.74, 6) is 1.15. The van der Waals surface area contributed by atoms with Crippen LogP contribution in [0.25, 0.3) is 0 Å². The van der Waals surface area contributed by atoms with E-state index in [1.54, 1.807) is 10.7 Å². The lowest BCUT2D eigenvalue weighted by atomic mass is 10.1. The number of hydrogen-bond donors (Lipinski definition) is 2. The van der Waals surface area contributed by atoms with Gasteiger partial charge in [0.25, 0.3) is 5.91 Å². The fourth-order valence-corrected chi connectivity index (χ4v) is 3.49. The van der Waals surface area contributed by atoms with Crippen LogP contribution in [0.5, 0.6) is 0 Å². The minimum atomic E-state index is -0.255. The highest BCUT2D eigenvalue weighted by molar-refractivity contribution is 7.98. The molecule has 0 saturated heterocycles. The molecule has 0 unspecified atom stereocenters. The third-order valence-electron chi connectivity index (χ3n) is 3.84. The summed E-state index contributed by atoms with van der Waals surface area (Å²) in [6, 6.07) is 17.5. The molecule has 3 rings (SSSR count). The second kappa shape index (κ2) is 8.79. The zero-order valence-electron chi connectivity index (χ0n) is 15.0. The van der Waals surface area contributed by atoms with Crippen LogP contribution in [0.2, 0.25) is 0 Å². The van der Waals surface area contributed by atoms with Gasteiger partial charge >= 0.3 is 0 Å². The maximum atomic E-state index is 12.4. The average molecular weight is 398 g/mol. The SMILES string of the molecule is Cc1ccccc1C(=O)NC(=S)Nn1c(C)nnc1SCc1ccccc1. The molecule has 0 radical (unpaired) electrons. The molecule has 0 bridgehead atoms. The van der Waals surface area contributed by atoms with Gasteiger partial charge in [0.05, 0.1) is 0 Å². The van der Waals surface area contributed by atoms with Crippen molar-refractivity contribution in [1.82, 2.24) is 20.2 Å². The van der Waals surface area contributed by atoms with Gasteiger partial charge in [-0.15, -0.1) is 10.2 Å². The van der Waals surface area contributed by atoms with Crippen LogP contribution in [0.1, 0.15) is 27.3 Å². The molecule has 0 aliphatic rings. The molecule has 6 nitrogen and oxygen atoms in total. The predicted octanol–water partition coefficient (Wildman–Crippen LogP) is 3.45. The fraction of sp³-hybridized carbons (Fsp3) is 0.158. The second-order valence-corrected chi connectivity index (χ2v) is 7.20. The minimum Gasteiger partial charge on any atom is -0.298 e. The van der Waals surface area contributed by atoms with Crippen molar-refractivity contribution in [2.45, 2.75) is 24.8 Å². The van der Waals surface area contributed by atoms with Gasteiger partial charge < -0.3 is 0 Å². The van der Waals surface area contributed by atoms with Gasteiger partial charge in [-0.2, -0.15) is 0 Å². The molecular weight excluding hydrogens is 378 g/mol. The van der Waals surface area contributed by atoms with E-state index in [1.807, 2.05) is 50.2 Å². The van der Waals surface area contributed by atoms with Crippen molar-refractivity contribution in [1.29, 1.82) is 0 Å². The largest absolute Gasteiger partial charge is 0.298 e. The lowest BCUT2D eigenvalue weighted by Crippen LogP contribution is -2.38. The maximum absolute atomic E-state index is 12.4. The van der Waals surface area contributed by atoms with E-state index in [2.05, 4.69) is 33.1 Å². The Hall–Kier alpha value is -2.71. The third kappa shape index (κ3) is 4.93. The fourth-order valence-electron chi connectivity index (χ4n) is 2.41. The summed E-state index contributed by atoms with van der Waals surface area (Å²) in [6.45, 7) is 3.70. The minimum absolute atomic E-state index is 0.188. The van der Waals surface area contributed by atoms with Crippen molar-refractivity contribution < 1.29 is 4.79 Å². The third-order valence-corrected chi connectivity index (χ3v) is 5.03. The molecule has 27 heavy (non-hydrogen) atoms. The number of amides is 1. The van der Waals surface area contributed by atoms with Gasteiger partial charge in [0.15, 0.2) is 5.11 Å². The van der Waals surface area contributed by atoms with E-state index >= 15 is 0 Å². The molecule has 0 spiro atoms. The predicted molar refractivity (Wildman–Crippen MR) is 111 cm³/mol. The quantitative estimate of drug-likeness (QED) is 0.508. The summed E-state index contributed by atoms with van der Waals surface area (Å²) in [7, 11) is 0. The van der Waals surface area contributed by atoms with Gasteiger partial charge in [0, 0.05) is 11.3 Å². The lowest BCUT2D eigenvalue weighted by molar-refractivity contribution is 0.0977. The Morgan fingerprint density at radius 1 is 1.07 bits per heavy atom. The number of benzene rings is 2. The van der Waals surface area contributed by atoms with Crippen molar-refractivity contribution in [3.8, 4) is 0 Å². The molecule has 2 N–H and O–H groups in total. The number of nitrogens with one attached hydrogen (secondary N) is 2. The van der Waals surface area contributed by atoms with Gasteiger partial charge in [-0.05, 0) is 43.3 Å². The highest BCUT2D eigenvalue weighted by Crippen LogP contribution is 2.20. The van der Waals surface area contributed by atoms with Gasteiger partial charge in [-0.3, -0.25) is 15.5 Å². The van der Waals surface area contributed by atoms with E-state index in [9.17, 15) is 4.79 Å². The highest BCUT2D eigenvalue weighted by Gasteiger charge is 2.14. The zero-order valence-corrected chi connectivity index (χ0v) is 16.6. The number of nitrogens with zero attached hydrogens (tertiary/aromatic N) is 3. The number of rotatable bonds is 5. The maximum Gasteiger partial charge on any atom is 0.257 e. The summed E-state index contributed by atoms with van der Waals surface area (Å²) >= 11 is 6.82. The number of carbonyl (C=O) groups is 1. The monoisotopic (exact) mass is 397 g/mol. The second-order valence-electron chi connectivity index (χ2n) is 5.85. The molecule has 138 valence electrons. The Labute approximate surface area is 167 Å². The van der Waals surface area contributed by atoms with Crippen molar-refractivity contribution >= 4 is 35.0 Å². The van der Waals surface area contributed by atoms with Crippen molar-refractivity contribution in [2.75, 3.05) is 5.43 Å². The highest BCUT2D eigenvalue weighted by atomic mass is 32.2. The van der Waals surface area contributed by atoms with Crippen LogP contribution in [0.4, 0.5) is 0 Å². The summed E-state index contributed by atoms with van der Waals surface area (Å²) in [4.78, 5) is 12.4. The molecule has 1 amide bonds. The van der Waals surface area contributed by atoms with E-state index in [4.69, 9.17) is 12.2 Å². The Kier molecular flexibility index (Phi) is 6.20. The first kappa shape index (κ1) is 19.1. The normalized spacial score (nSPS) is 10.4. The molecule has 0 atom stereocenters. The topological polar surface area (TPSA) is 71.8 Å². The Balaban J connectivity index is 1.65. The molecule has 0 aliphatic carbocycles. The van der Waals surface area contributed by atoms with E-state index in [0.29, 0.717) is 16.5 Å². The summed E-state index contributed by atoms with van der Waals surface area (Å²) in [5, 5.41) is 11.8. The molecule has 0 fully saturated rings. The molecule has 2 aromatic carbocycles. The standard InChI is InChI=1S/C19H19N5OS2/c1-13-8-6-7-11-16(13)17(25)20-18(26)23-24-14(2)21-22-19(24)27-12-15-9-4-3-5-10-15/h3-11H,12H2,1-2H3,(H2,20,23,25,26). The van der Waals surface area contributed by atoms with E-state index in [-0.39, 0.29) is 11.0 Å². The van der Waals surface area contributed by atoms with Crippen molar-refractivity contribution in [2.24, 2.45) is 0 Å². The van der Waals surface area contributed by atoms with Gasteiger partial charge in [0.1, 0.15) is 5.82 Å². The molecule has 8 heteroatoms. The van der Waals surface area contributed by atoms with Crippen LogP contribution < -0.4 is 10.7 Å². The number of carbonyl (C=O) groups excluding carboxylic acids is 1. The smallest absolute Gasteiger partial charge is 0.257 e. The molecule has 0 saturated carbocycles. The Morgan fingerprint density at radius 3 is 2.52 bits per heavy atom. The van der Waals surface area contributed by atoms with Crippen LogP contribution in [-0.2, 0) is 5.75 Å². The molecule has 1 heterocycles. The van der Waals surface area contributed by atoms with E-state index < -0.39 is 0 Å². The van der Waals surface area contributed by atoms with Crippen LogP contribution in [0.15, 0.2) is 59.8 Å². The average Bonchev–Trinajstić information content (AvgIpc) is 3.01. The number of hydrogen-bond acceptors (Lipinski definition) is 5. The van der Waals surface area contributed by atoms with E-state index in [1.165, 1.54) is 17.3 Å². The van der Waals surface area contributed by atoms with Crippen molar-refractivity contribution in [3.05, 3.63) is 77.1 Å². The van der Waals surface area contributed by atoms with Crippen LogP contribution >= 0.6 is 24.0 Å². The summed E-state index contributed by atoms with van der Waals surface area (Å²) < 4.78 is 1.67. The molecule has 1 aromatic heterocycles. The van der Waals surface area contributed by atoms with Crippen LogP contribution in [-0.4, -0.2) is 25.9 Å². The van der Waals surface area contributed by atoms with Gasteiger partial charge in [0.2, 0.25) is 5.16 Å². The van der Waals surface area contributed by atoms with Crippen molar-refractivity contribution in [3.63, 3.8) is 0 Å². The van der Waals surface area contributed by atoms with E-state index in [0.717, 1.165) is 11.3 Å². The summed E-state index contributed by atoms with van der Waals surface area (Å²) in [5.41, 5.74) is 5.64. The van der Waals surface area contributed by atoms with Crippen LogP contribution in [0, 0.1) is 13.8 Å². The summed E-state index contributed by atoms with van der Waals surface area (Å²) in [6.07, 6.45) is 0. The first-order valence-corrected chi connectivity index (χ1v) is 9.70. The molecule has 3 aromatic rings. The Morgan fingerprint density at radius 2 is 1.78 bits per heavy atom. The lowest BCUT2D eigenvalue weighted by Gasteiger charge is -2.13. The van der Waals surface area contributed by atoms with Crippen LogP contribution in [0.3, 0.4) is 0 Å². The number of aryl methyl sites for hydroxylation is 2. The zero-order chi connectivity index (χ0) is 19.2. The molecule has 0 aliphatic heterocycles. The van der Waals surface area contributed by atoms with Gasteiger partial charge in [-0.25, -0.2) is 4.68 Å². The number of thioether (sulfide) groups is 1. The number of thiocarbonyl (C=S) groups is 1. The first-order valence-electron chi connectivity index (χ1n) is 8.31. The number of aromatic nitrogens is 3. The molecular formula is C19H19N5OS2.